The summed E-state index contributed by atoms with van der Waals surface area (Å²) in [5.74, 6) is -0.182. The summed E-state index contributed by atoms with van der Waals surface area (Å²) in [6.45, 7) is 1.37. The normalized spacial score (nSPS) is 16.9. The van der Waals surface area contributed by atoms with Crippen molar-refractivity contribution in [2.45, 2.75) is 17.9 Å². The molecule has 0 radical (unpaired) electrons. The minimum absolute atomic E-state index is 0.182. The van der Waals surface area contributed by atoms with Gasteiger partial charge in [-0.2, -0.15) is 0 Å². The molecule has 9 heavy (non-hydrogen) atoms. The van der Waals surface area contributed by atoms with Crippen LogP contribution in [0.1, 0.15) is 6.92 Å². The molecule has 0 fully saturated rings. The van der Waals surface area contributed by atoms with Gasteiger partial charge in [0.05, 0.1) is 0 Å². The van der Waals surface area contributed by atoms with Crippen LogP contribution in [-0.4, -0.2) is 23.8 Å². The van der Waals surface area contributed by atoms with Crippen LogP contribution in [0.3, 0.4) is 0 Å². The largest absolute Gasteiger partial charge is 0.364 e. The highest BCUT2D eigenvalue weighted by Gasteiger charge is 2.19. The molecule has 0 N–H and O–H groups in total. The fourth-order valence-electron chi connectivity index (χ4n) is 0.304. The summed E-state index contributed by atoms with van der Waals surface area (Å²) in [6.07, 6.45) is 0. The first-order valence-corrected chi connectivity index (χ1v) is 3.28. The van der Waals surface area contributed by atoms with Crippen LogP contribution < -0.4 is 0 Å². The Morgan fingerprint density at radius 3 is 2.11 bits per heavy atom. The van der Waals surface area contributed by atoms with Crippen molar-refractivity contribution in [3.05, 3.63) is 0 Å². The Morgan fingerprint density at radius 1 is 1.56 bits per heavy atom. The molecule has 0 aromatic heterocycles. The molecule has 0 bridgehead atoms. The Morgan fingerprint density at radius 2 is 2.00 bits per heavy atom. The third kappa shape index (κ3) is 3.04. The summed E-state index contributed by atoms with van der Waals surface area (Å²) in [7, 11) is 1.40. The van der Waals surface area contributed by atoms with E-state index in [1.54, 1.807) is 0 Å². The van der Waals surface area contributed by atoms with Crippen LogP contribution in [0.4, 0.5) is 0 Å². The highest BCUT2D eigenvalue weighted by molar-refractivity contribution is 6.36. The lowest BCUT2D eigenvalue weighted by Crippen LogP contribution is -2.23. The average Bonchev–Trinajstić information content (AvgIpc) is 1.84. The van der Waals surface area contributed by atoms with E-state index in [0.29, 0.717) is 0 Å². The van der Waals surface area contributed by atoms with Crippen molar-refractivity contribution in [3.63, 3.8) is 0 Å². The zero-order valence-electron chi connectivity index (χ0n) is 5.23. The Labute approximate surface area is 64.1 Å². The quantitative estimate of drug-likeness (QED) is 0.599. The number of alkyl halides is 2. The van der Waals surface area contributed by atoms with Gasteiger partial charge in [0.1, 0.15) is 5.38 Å². The number of halogens is 2. The van der Waals surface area contributed by atoms with Crippen molar-refractivity contribution in [1.82, 2.24) is 0 Å². The van der Waals surface area contributed by atoms with Gasteiger partial charge in [0.25, 0.3) is 0 Å². The number of ketones is 1. The zero-order chi connectivity index (χ0) is 7.44. The van der Waals surface area contributed by atoms with Gasteiger partial charge in [0, 0.05) is 7.11 Å². The molecule has 2 nitrogen and oxygen atoms in total. The summed E-state index contributed by atoms with van der Waals surface area (Å²) in [4.78, 5) is 10.4. The van der Waals surface area contributed by atoms with Gasteiger partial charge in [0.15, 0.2) is 11.3 Å². The Kier molecular flexibility index (Phi) is 4.19. The van der Waals surface area contributed by atoms with Crippen LogP contribution in [0.15, 0.2) is 0 Å². The molecule has 2 unspecified atom stereocenters. The monoisotopic (exact) mass is 170 g/mol. The summed E-state index contributed by atoms with van der Waals surface area (Å²) in [6, 6.07) is 0. The molecule has 0 aromatic carbocycles. The lowest BCUT2D eigenvalue weighted by molar-refractivity contribution is -0.117. The molecule has 0 aromatic rings. The minimum atomic E-state index is -0.739. The first kappa shape index (κ1) is 9.21. The molecule has 2 atom stereocenters. The fourth-order valence-corrected chi connectivity index (χ4v) is 0.584. The molecule has 0 saturated carbocycles. The van der Waals surface area contributed by atoms with Crippen molar-refractivity contribution < 1.29 is 9.53 Å². The molecule has 0 saturated heterocycles. The lowest BCUT2D eigenvalue weighted by atomic mass is 10.3. The lowest BCUT2D eigenvalue weighted by Gasteiger charge is -2.09. The van der Waals surface area contributed by atoms with Crippen molar-refractivity contribution in [2.24, 2.45) is 0 Å². The minimum Gasteiger partial charge on any atom is -0.364 e. The molecule has 0 rings (SSSR count). The number of carbonyl (C=O) groups excluding carboxylic acids is 1. The number of rotatable bonds is 3. The molecular formula is C5H8Cl2O2. The molecule has 4 heteroatoms. The van der Waals surface area contributed by atoms with Gasteiger partial charge in [0.2, 0.25) is 0 Å². The number of carbonyl (C=O) groups is 1. The van der Waals surface area contributed by atoms with Gasteiger partial charge in [-0.1, -0.05) is 11.6 Å². The maximum absolute atomic E-state index is 10.4. The SMILES string of the molecule is COC(Cl)C(Cl)C(C)=O. The van der Waals surface area contributed by atoms with Crippen molar-refractivity contribution in [2.75, 3.05) is 7.11 Å². The van der Waals surface area contributed by atoms with Crippen LogP contribution in [0.25, 0.3) is 0 Å². The van der Waals surface area contributed by atoms with Crippen LogP contribution in [-0.2, 0) is 9.53 Å². The molecule has 54 valence electrons. The van der Waals surface area contributed by atoms with E-state index < -0.39 is 10.9 Å². The highest BCUT2D eigenvalue weighted by Crippen LogP contribution is 2.10. The van der Waals surface area contributed by atoms with E-state index in [4.69, 9.17) is 23.2 Å². The van der Waals surface area contributed by atoms with E-state index >= 15 is 0 Å². The molecule has 0 aliphatic heterocycles. The topological polar surface area (TPSA) is 26.3 Å². The van der Waals surface area contributed by atoms with Gasteiger partial charge in [-0.05, 0) is 6.92 Å². The Hall–Kier alpha value is 0.210. The van der Waals surface area contributed by atoms with E-state index in [2.05, 4.69) is 4.74 Å². The predicted molar refractivity (Wildman–Crippen MR) is 37.0 cm³/mol. The van der Waals surface area contributed by atoms with Gasteiger partial charge in [-0.25, -0.2) is 0 Å². The number of methoxy groups -OCH3 is 1. The molecule has 0 aliphatic rings. The predicted octanol–water partition coefficient (Wildman–Crippen LogP) is 1.39. The highest BCUT2D eigenvalue weighted by atomic mass is 35.5. The summed E-state index contributed by atoms with van der Waals surface area (Å²) in [5.41, 5.74) is -0.718. The summed E-state index contributed by atoms with van der Waals surface area (Å²) >= 11 is 10.9. The second-order valence-electron chi connectivity index (χ2n) is 1.60. The molecule has 0 heterocycles. The Balaban J connectivity index is 3.72. The molecule has 0 spiro atoms. The van der Waals surface area contributed by atoms with Gasteiger partial charge >= 0.3 is 0 Å². The van der Waals surface area contributed by atoms with E-state index in [0.717, 1.165) is 0 Å². The van der Waals surface area contributed by atoms with Gasteiger partial charge in [-0.3, -0.25) is 4.79 Å². The van der Waals surface area contributed by atoms with Crippen LogP contribution in [0, 0.1) is 0 Å². The fraction of sp³-hybridized carbons (Fsp3) is 0.800. The van der Waals surface area contributed by atoms with Crippen molar-refractivity contribution in [1.29, 1.82) is 0 Å². The number of Topliss-reactive ketones (excluding diaryl/α,β-unsaturated/α-hetero) is 1. The van der Waals surface area contributed by atoms with E-state index in [9.17, 15) is 4.79 Å². The second kappa shape index (κ2) is 4.09. The smallest absolute Gasteiger partial charge is 0.154 e. The maximum atomic E-state index is 10.4. The van der Waals surface area contributed by atoms with Crippen LogP contribution in [0.5, 0.6) is 0 Å². The zero-order valence-corrected chi connectivity index (χ0v) is 6.74. The van der Waals surface area contributed by atoms with Crippen molar-refractivity contribution >= 4 is 29.0 Å². The summed E-state index contributed by atoms with van der Waals surface area (Å²) < 4.78 is 4.59. The number of hydrogen-bond donors (Lipinski definition) is 0. The number of hydrogen-bond acceptors (Lipinski definition) is 2. The van der Waals surface area contributed by atoms with E-state index in [-0.39, 0.29) is 5.78 Å². The maximum Gasteiger partial charge on any atom is 0.154 e. The Bertz CT molecular complexity index is 105. The van der Waals surface area contributed by atoms with E-state index in [1.807, 2.05) is 0 Å². The third-order valence-electron chi connectivity index (χ3n) is 0.844. The van der Waals surface area contributed by atoms with Gasteiger partial charge < -0.3 is 4.74 Å². The number of ether oxygens (including phenoxy) is 1. The first-order valence-electron chi connectivity index (χ1n) is 2.41. The average molecular weight is 171 g/mol. The van der Waals surface area contributed by atoms with Crippen LogP contribution >= 0.6 is 23.2 Å². The van der Waals surface area contributed by atoms with Gasteiger partial charge in [-0.15, -0.1) is 11.6 Å². The molecule has 0 amide bonds. The molecular weight excluding hydrogens is 163 g/mol. The van der Waals surface area contributed by atoms with E-state index in [1.165, 1.54) is 14.0 Å². The van der Waals surface area contributed by atoms with Crippen molar-refractivity contribution in [3.8, 4) is 0 Å². The first-order chi connectivity index (χ1) is 4.09. The summed E-state index contributed by atoms with van der Waals surface area (Å²) in [5, 5.41) is -0.739. The van der Waals surface area contributed by atoms with Crippen LogP contribution in [0.2, 0.25) is 0 Å². The second-order valence-corrected chi connectivity index (χ2v) is 2.50. The molecule has 0 aliphatic carbocycles. The third-order valence-corrected chi connectivity index (χ3v) is 1.94. The standard InChI is InChI=1S/C5H8Cl2O2/c1-3(8)4(6)5(7)9-2/h4-5H,1-2H3.